The number of phosphoric acid groups is 1. The molecule has 0 heterocycles. The second-order valence-electron chi connectivity index (χ2n) is 17.8. The smallest absolute Gasteiger partial charge is 0.393 e. The molecule has 0 spiro atoms. The fraction of sp³-hybridized carbons (Fsp3) is 0.820. The molecular formula is C50H92NO12P. The molecule has 1 aliphatic carbocycles. The second kappa shape index (κ2) is 39.3. The molecule has 0 saturated heterocycles. The number of carbonyl (C=O) groups excluding carboxylic acids is 1. The molecule has 374 valence electrons. The quantitative estimate of drug-likeness (QED) is 0.0159. The normalized spacial score (nSPS) is 23.1. The molecule has 9 N–H and O–H groups in total. The van der Waals surface area contributed by atoms with Crippen LogP contribution in [-0.2, 0) is 18.4 Å². The second-order valence-corrected chi connectivity index (χ2v) is 19.2. The lowest BCUT2D eigenvalue weighted by Gasteiger charge is -2.41. The van der Waals surface area contributed by atoms with Crippen LogP contribution in [0.25, 0.3) is 0 Å². The van der Waals surface area contributed by atoms with Gasteiger partial charge in [0.05, 0.1) is 31.3 Å². The Morgan fingerprint density at radius 2 is 0.922 bits per heavy atom. The highest BCUT2D eigenvalue weighted by Crippen LogP contribution is 2.47. The molecule has 0 aromatic rings. The molecular weight excluding hydrogens is 838 g/mol. The third-order valence-corrected chi connectivity index (χ3v) is 12.8. The molecule has 0 aromatic carbocycles. The Labute approximate surface area is 387 Å². The molecule has 1 amide bonds. The van der Waals surface area contributed by atoms with E-state index in [9.17, 15) is 50.0 Å². The number of aliphatic hydroxyl groups is 7. The molecule has 0 aliphatic heterocycles. The molecule has 0 radical (unpaired) electrons. The Bertz CT molecular complexity index is 1280. The van der Waals surface area contributed by atoms with Crippen molar-refractivity contribution < 1.29 is 59.0 Å². The van der Waals surface area contributed by atoms with Crippen LogP contribution in [0.3, 0.4) is 0 Å². The monoisotopic (exact) mass is 930 g/mol. The highest BCUT2D eigenvalue weighted by atomic mass is 31.2. The van der Waals surface area contributed by atoms with Crippen molar-refractivity contribution in [3.05, 3.63) is 48.6 Å². The van der Waals surface area contributed by atoms with Crippen molar-refractivity contribution in [1.82, 2.24) is 5.32 Å². The van der Waals surface area contributed by atoms with Crippen molar-refractivity contribution in [2.24, 2.45) is 0 Å². The largest absolute Gasteiger partial charge is 0.472 e. The van der Waals surface area contributed by atoms with E-state index < -0.39 is 75.2 Å². The number of aliphatic hydroxyl groups excluding tert-OH is 7. The van der Waals surface area contributed by atoms with Gasteiger partial charge in [-0.2, -0.15) is 0 Å². The molecule has 14 heteroatoms. The number of amides is 1. The fourth-order valence-electron chi connectivity index (χ4n) is 7.74. The minimum atomic E-state index is -5.16. The minimum Gasteiger partial charge on any atom is -0.393 e. The lowest BCUT2D eigenvalue weighted by atomic mass is 9.85. The summed E-state index contributed by atoms with van der Waals surface area (Å²) < 4.78 is 22.9. The van der Waals surface area contributed by atoms with E-state index in [4.69, 9.17) is 9.05 Å². The van der Waals surface area contributed by atoms with E-state index in [1.54, 1.807) is 6.08 Å². The van der Waals surface area contributed by atoms with E-state index in [2.05, 4.69) is 49.5 Å². The first kappa shape index (κ1) is 60.3. The average molecular weight is 930 g/mol. The standard InChI is InChI=1S/C50H92NO12P/c1-3-5-7-9-11-13-15-17-18-19-20-21-22-23-24-26-27-29-31-33-35-37-41(52)39-44(54)51-42(43(53)38-36-34-32-30-28-25-16-14-12-10-8-6-4-2)40-62-64(60,61)63-50-48(58)46(56)45(55)47(57)49(50)59/h12,14,23-24,28,30,36,38,41-43,45-50,52-53,55-59H,3-11,13,15-22,25-27,29,31-35,37,39-40H2,1-2H3,(H,51,54)(H,60,61)/b14-12+,24-23-,30-28+,38-36+. The van der Waals surface area contributed by atoms with E-state index in [-0.39, 0.29) is 6.42 Å². The molecule has 1 saturated carbocycles. The number of nitrogens with one attached hydrogen (secondary N) is 1. The summed E-state index contributed by atoms with van der Waals surface area (Å²) in [6.45, 7) is 3.69. The van der Waals surface area contributed by atoms with Gasteiger partial charge in [-0.1, -0.05) is 172 Å². The Balaban J connectivity index is 2.48. The van der Waals surface area contributed by atoms with Crippen LogP contribution in [0.2, 0.25) is 0 Å². The molecule has 1 fully saturated rings. The van der Waals surface area contributed by atoms with Crippen LogP contribution in [0.1, 0.15) is 200 Å². The van der Waals surface area contributed by atoms with Crippen LogP contribution < -0.4 is 5.32 Å². The maximum atomic E-state index is 13.0. The molecule has 8 atom stereocenters. The van der Waals surface area contributed by atoms with E-state index in [1.165, 1.54) is 102 Å². The van der Waals surface area contributed by atoms with Gasteiger partial charge in [-0.25, -0.2) is 4.57 Å². The van der Waals surface area contributed by atoms with Crippen molar-refractivity contribution in [3.8, 4) is 0 Å². The number of unbranched alkanes of at least 4 members (excludes halogenated alkanes) is 22. The predicted molar refractivity (Wildman–Crippen MR) is 256 cm³/mol. The van der Waals surface area contributed by atoms with Gasteiger partial charge in [0.2, 0.25) is 5.91 Å². The number of carbonyl (C=O) groups is 1. The SMILES string of the molecule is CCCCC/C=C/CC/C=C/CC/C=C/C(O)C(COP(=O)(O)OC1C(O)C(O)C(O)C(O)C1O)NC(=O)CC(O)CCCCCCC/C=C\CCCCCCCCCCCCCC. The van der Waals surface area contributed by atoms with Crippen molar-refractivity contribution in [1.29, 1.82) is 0 Å². The van der Waals surface area contributed by atoms with Crippen LogP contribution >= 0.6 is 7.82 Å². The molecule has 1 aliphatic rings. The molecule has 8 unspecified atom stereocenters. The Hall–Kier alpha value is -1.74. The molecule has 13 nitrogen and oxygen atoms in total. The van der Waals surface area contributed by atoms with Crippen molar-refractivity contribution >= 4 is 13.7 Å². The van der Waals surface area contributed by atoms with Crippen LogP contribution in [0.5, 0.6) is 0 Å². The van der Waals surface area contributed by atoms with E-state index >= 15 is 0 Å². The Morgan fingerprint density at radius 3 is 1.41 bits per heavy atom. The lowest BCUT2D eigenvalue weighted by Crippen LogP contribution is -2.64. The zero-order chi connectivity index (χ0) is 47.3. The topological polar surface area (TPSA) is 226 Å². The van der Waals surface area contributed by atoms with Gasteiger partial charge in [-0.05, 0) is 70.6 Å². The van der Waals surface area contributed by atoms with E-state index in [0.29, 0.717) is 19.3 Å². The van der Waals surface area contributed by atoms with Crippen LogP contribution in [0.4, 0.5) is 0 Å². The van der Waals surface area contributed by atoms with Gasteiger partial charge in [0.25, 0.3) is 0 Å². The van der Waals surface area contributed by atoms with Gasteiger partial charge >= 0.3 is 7.82 Å². The summed E-state index contributed by atoms with van der Waals surface area (Å²) in [6, 6.07) is -1.27. The number of allylic oxidation sites excluding steroid dienone is 7. The summed E-state index contributed by atoms with van der Waals surface area (Å²) >= 11 is 0. The zero-order valence-electron chi connectivity index (χ0n) is 39.7. The zero-order valence-corrected chi connectivity index (χ0v) is 40.6. The molecule has 1 rings (SSSR count). The van der Waals surface area contributed by atoms with E-state index in [0.717, 1.165) is 64.2 Å². The minimum absolute atomic E-state index is 0.262. The van der Waals surface area contributed by atoms with Gasteiger partial charge < -0.3 is 46.0 Å². The van der Waals surface area contributed by atoms with Crippen molar-refractivity contribution in [2.75, 3.05) is 6.61 Å². The lowest BCUT2D eigenvalue weighted by molar-refractivity contribution is -0.220. The highest BCUT2D eigenvalue weighted by Gasteiger charge is 2.51. The summed E-state index contributed by atoms with van der Waals surface area (Å²) in [4.78, 5) is 23.5. The Kier molecular flexibility index (Phi) is 37.0. The van der Waals surface area contributed by atoms with Gasteiger partial charge in [-0.15, -0.1) is 0 Å². The summed E-state index contributed by atoms with van der Waals surface area (Å²) in [5, 5.41) is 74.5. The summed E-state index contributed by atoms with van der Waals surface area (Å²) in [7, 11) is -5.16. The predicted octanol–water partition coefficient (Wildman–Crippen LogP) is 9.09. The third kappa shape index (κ3) is 30.5. The maximum absolute atomic E-state index is 13.0. The number of hydrogen-bond acceptors (Lipinski definition) is 11. The summed E-state index contributed by atoms with van der Waals surface area (Å²) in [5.74, 6) is -0.613. The first-order valence-electron chi connectivity index (χ1n) is 25.2. The van der Waals surface area contributed by atoms with Crippen molar-refractivity contribution in [2.45, 2.75) is 255 Å². The highest BCUT2D eigenvalue weighted by molar-refractivity contribution is 7.47. The van der Waals surface area contributed by atoms with Crippen LogP contribution in [-0.4, -0.2) is 108 Å². The number of hydrogen-bond donors (Lipinski definition) is 9. The van der Waals surface area contributed by atoms with Gasteiger partial charge in [-0.3, -0.25) is 13.8 Å². The van der Waals surface area contributed by atoms with Gasteiger partial charge in [0.1, 0.15) is 36.6 Å². The van der Waals surface area contributed by atoms with Crippen molar-refractivity contribution in [3.63, 3.8) is 0 Å². The Morgan fingerprint density at radius 1 is 0.547 bits per heavy atom. The van der Waals surface area contributed by atoms with E-state index in [1.807, 2.05) is 6.08 Å². The average Bonchev–Trinajstić information content (AvgIpc) is 3.27. The van der Waals surface area contributed by atoms with Gasteiger partial charge in [0.15, 0.2) is 0 Å². The molecule has 0 bridgehead atoms. The maximum Gasteiger partial charge on any atom is 0.472 e. The number of rotatable bonds is 41. The molecule has 64 heavy (non-hydrogen) atoms. The summed E-state index contributed by atoms with van der Waals surface area (Å²) in [6.07, 6.45) is 33.5. The first-order chi connectivity index (χ1) is 30.8. The van der Waals surface area contributed by atoms with Gasteiger partial charge in [0, 0.05) is 0 Å². The first-order valence-corrected chi connectivity index (χ1v) is 26.7. The fourth-order valence-corrected chi connectivity index (χ4v) is 8.70. The summed E-state index contributed by atoms with van der Waals surface area (Å²) in [5.41, 5.74) is 0. The third-order valence-electron chi connectivity index (χ3n) is 11.9. The van der Waals surface area contributed by atoms with Crippen LogP contribution in [0, 0.1) is 0 Å². The molecule has 0 aromatic heterocycles. The van der Waals surface area contributed by atoms with Crippen LogP contribution in [0.15, 0.2) is 48.6 Å². The number of phosphoric ester groups is 1.